The van der Waals surface area contributed by atoms with E-state index in [9.17, 15) is 4.79 Å². The number of nitrogens with zero attached hydrogens (tertiary/aromatic N) is 4. The zero-order valence-electron chi connectivity index (χ0n) is 18.5. The summed E-state index contributed by atoms with van der Waals surface area (Å²) in [6, 6.07) is 22.8. The van der Waals surface area contributed by atoms with Crippen molar-refractivity contribution in [3.8, 4) is 17.1 Å². The van der Waals surface area contributed by atoms with Crippen LogP contribution in [-0.2, 0) is 4.79 Å². The molecule has 0 saturated heterocycles. The molecule has 1 aromatic heterocycles. The Labute approximate surface area is 212 Å². The predicted octanol–water partition coefficient (Wildman–Crippen LogP) is 6.18. The summed E-state index contributed by atoms with van der Waals surface area (Å²) in [5.41, 5.74) is 6.89. The number of aryl methyl sites for hydroxylation is 1. The van der Waals surface area contributed by atoms with Crippen LogP contribution in [0.15, 0.2) is 83.1 Å². The van der Waals surface area contributed by atoms with Gasteiger partial charge in [0, 0.05) is 26.9 Å². The summed E-state index contributed by atoms with van der Waals surface area (Å²) in [6.45, 7) is 3.82. The summed E-state index contributed by atoms with van der Waals surface area (Å²) >= 11 is 13.5. The summed E-state index contributed by atoms with van der Waals surface area (Å²) in [5.74, 6) is 0.517. The molecule has 3 aromatic carbocycles. The SMILES string of the molecule is C/C(=N/NC(=O)CSc1nnc(-c2ccc(Cl)cc2)n1-c1ccc(C)cc1)c1ccccc1Cl. The largest absolute Gasteiger partial charge is 0.272 e. The fraction of sp³-hybridized carbons (Fsp3) is 0.120. The number of carbonyl (C=O) groups is 1. The second-order valence-corrected chi connectivity index (χ2v) is 9.27. The number of thioether (sulfide) groups is 1. The van der Waals surface area contributed by atoms with Crippen molar-refractivity contribution in [1.29, 1.82) is 0 Å². The molecule has 0 unspecified atom stereocenters. The Morgan fingerprint density at radius 2 is 1.71 bits per heavy atom. The molecule has 0 atom stereocenters. The third kappa shape index (κ3) is 5.67. The molecule has 6 nitrogen and oxygen atoms in total. The molecule has 0 aliphatic rings. The Kier molecular flexibility index (Phi) is 7.67. The number of aromatic nitrogens is 3. The van der Waals surface area contributed by atoms with Crippen LogP contribution in [0.1, 0.15) is 18.1 Å². The number of amides is 1. The van der Waals surface area contributed by atoms with E-state index in [1.807, 2.05) is 78.2 Å². The van der Waals surface area contributed by atoms with Gasteiger partial charge in [0.15, 0.2) is 11.0 Å². The highest BCUT2D eigenvalue weighted by molar-refractivity contribution is 7.99. The van der Waals surface area contributed by atoms with E-state index in [1.165, 1.54) is 11.8 Å². The molecule has 0 fully saturated rings. The lowest BCUT2D eigenvalue weighted by Crippen LogP contribution is -2.21. The Morgan fingerprint density at radius 3 is 2.41 bits per heavy atom. The van der Waals surface area contributed by atoms with Crippen LogP contribution in [0.5, 0.6) is 0 Å². The summed E-state index contributed by atoms with van der Waals surface area (Å²) in [4.78, 5) is 12.5. The van der Waals surface area contributed by atoms with Gasteiger partial charge in [-0.2, -0.15) is 5.10 Å². The van der Waals surface area contributed by atoms with Crippen molar-refractivity contribution >= 4 is 46.6 Å². The normalized spacial score (nSPS) is 11.5. The van der Waals surface area contributed by atoms with Gasteiger partial charge in [-0.05, 0) is 56.3 Å². The molecule has 1 N–H and O–H groups in total. The molecule has 9 heteroatoms. The molecule has 4 rings (SSSR count). The topological polar surface area (TPSA) is 72.2 Å². The van der Waals surface area contributed by atoms with Gasteiger partial charge >= 0.3 is 0 Å². The van der Waals surface area contributed by atoms with Crippen molar-refractivity contribution in [3.63, 3.8) is 0 Å². The summed E-state index contributed by atoms with van der Waals surface area (Å²) in [6.07, 6.45) is 0. The molecule has 34 heavy (non-hydrogen) atoms. The fourth-order valence-electron chi connectivity index (χ4n) is 3.20. The molecule has 0 bridgehead atoms. The number of carbonyl (C=O) groups excluding carboxylic acids is 1. The number of halogens is 2. The first kappa shape index (κ1) is 24.0. The third-order valence-electron chi connectivity index (χ3n) is 4.97. The molecular formula is C25H21Cl2N5OS. The first-order valence-electron chi connectivity index (χ1n) is 10.4. The second kappa shape index (κ2) is 10.9. The van der Waals surface area contributed by atoms with Gasteiger partial charge in [0.2, 0.25) is 0 Å². The number of hydrogen-bond acceptors (Lipinski definition) is 5. The van der Waals surface area contributed by atoms with Gasteiger partial charge in [-0.1, -0.05) is 70.9 Å². The van der Waals surface area contributed by atoms with E-state index in [4.69, 9.17) is 23.2 Å². The van der Waals surface area contributed by atoms with Crippen LogP contribution in [0, 0.1) is 6.92 Å². The molecule has 1 heterocycles. The van der Waals surface area contributed by atoms with Gasteiger partial charge in [0.1, 0.15) is 0 Å². The average molecular weight is 510 g/mol. The lowest BCUT2D eigenvalue weighted by molar-refractivity contribution is -0.118. The maximum Gasteiger partial charge on any atom is 0.250 e. The number of benzene rings is 3. The van der Waals surface area contributed by atoms with Crippen molar-refractivity contribution in [3.05, 3.63) is 94.0 Å². The first-order chi connectivity index (χ1) is 16.4. The number of hydrogen-bond donors (Lipinski definition) is 1. The molecule has 0 aliphatic heterocycles. The zero-order valence-corrected chi connectivity index (χ0v) is 20.8. The number of nitrogens with one attached hydrogen (secondary N) is 1. The van der Waals surface area contributed by atoms with Gasteiger partial charge in [0.05, 0.1) is 11.5 Å². The van der Waals surface area contributed by atoms with Gasteiger partial charge < -0.3 is 0 Å². The molecular weight excluding hydrogens is 489 g/mol. The van der Waals surface area contributed by atoms with E-state index in [0.29, 0.717) is 26.7 Å². The van der Waals surface area contributed by atoms with Crippen LogP contribution in [0.25, 0.3) is 17.1 Å². The van der Waals surface area contributed by atoms with E-state index in [0.717, 1.165) is 22.4 Å². The van der Waals surface area contributed by atoms with E-state index >= 15 is 0 Å². The van der Waals surface area contributed by atoms with E-state index in [2.05, 4.69) is 20.7 Å². The summed E-state index contributed by atoms with van der Waals surface area (Å²) < 4.78 is 1.93. The predicted molar refractivity (Wildman–Crippen MR) is 139 cm³/mol. The molecule has 0 aliphatic carbocycles. The maximum absolute atomic E-state index is 12.5. The smallest absolute Gasteiger partial charge is 0.250 e. The van der Waals surface area contributed by atoms with Crippen LogP contribution in [0.2, 0.25) is 10.0 Å². The minimum Gasteiger partial charge on any atom is -0.272 e. The minimum absolute atomic E-state index is 0.115. The molecule has 0 saturated carbocycles. The van der Waals surface area contributed by atoms with Gasteiger partial charge in [-0.25, -0.2) is 5.43 Å². The highest BCUT2D eigenvalue weighted by atomic mass is 35.5. The number of rotatable bonds is 7. The zero-order chi connectivity index (χ0) is 24.1. The second-order valence-electron chi connectivity index (χ2n) is 7.48. The first-order valence-corrected chi connectivity index (χ1v) is 12.2. The van der Waals surface area contributed by atoms with E-state index in [1.54, 1.807) is 13.0 Å². The van der Waals surface area contributed by atoms with Crippen molar-refractivity contribution < 1.29 is 4.79 Å². The average Bonchev–Trinajstić information content (AvgIpc) is 3.26. The van der Waals surface area contributed by atoms with Gasteiger partial charge in [-0.3, -0.25) is 9.36 Å². The third-order valence-corrected chi connectivity index (χ3v) is 6.48. The van der Waals surface area contributed by atoms with Crippen molar-refractivity contribution in [2.24, 2.45) is 5.10 Å². The summed E-state index contributed by atoms with van der Waals surface area (Å²) in [5, 5.41) is 14.7. The van der Waals surface area contributed by atoms with Crippen molar-refractivity contribution in [2.75, 3.05) is 5.75 Å². The Morgan fingerprint density at radius 1 is 1.00 bits per heavy atom. The Hall–Kier alpha value is -3.13. The van der Waals surface area contributed by atoms with Gasteiger partial charge in [-0.15, -0.1) is 10.2 Å². The van der Waals surface area contributed by atoms with Crippen molar-refractivity contribution in [2.45, 2.75) is 19.0 Å². The molecule has 4 aromatic rings. The number of hydrazone groups is 1. The van der Waals surface area contributed by atoms with E-state index in [-0.39, 0.29) is 11.7 Å². The van der Waals surface area contributed by atoms with Crippen LogP contribution in [-0.4, -0.2) is 32.1 Å². The fourth-order valence-corrected chi connectivity index (χ4v) is 4.34. The molecule has 172 valence electrons. The standard InChI is InChI=1S/C25H21Cl2N5OS/c1-16-7-13-20(14-8-16)32-24(18-9-11-19(26)12-10-18)30-31-25(32)34-15-23(33)29-28-17(2)21-5-3-4-6-22(21)27/h3-14H,15H2,1-2H3,(H,29,33)/b28-17-. The van der Waals surface area contributed by atoms with Crippen LogP contribution in [0.4, 0.5) is 0 Å². The highest BCUT2D eigenvalue weighted by Crippen LogP contribution is 2.29. The van der Waals surface area contributed by atoms with Crippen LogP contribution >= 0.6 is 35.0 Å². The highest BCUT2D eigenvalue weighted by Gasteiger charge is 2.17. The minimum atomic E-state index is -0.261. The Bertz CT molecular complexity index is 1330. The van der Waals surface area contributed by atoms with Gasteiger partial charge in [0.25, 0.3) is 5.91 Å². The van der Waals surface area contributed by atoms with Crippen LogP contribution in [0.3, 0.4) is 0 Å². The Balaban J connectivity index is 1.54. The summed E-state index contributed by atoms with van der Waals surface area (Å²) in [7, 11) is 0. The molecule has 0 spiro atoms. The van der Waals surface area contributed by atoms with E-state index < -0.39 is 0 Å². The maximum atomic E-state index is 12.5. The lowest BCUT2D eigenvalue weighted by Gasteiger charge is -2.11. The van der Waals surface area contributed by atoms with Crippen molar-refractivity contribution in [1.82, 2.24) is 20.2 Å². The molecule has 1 amide bonds. The lowest BCUT2D eigenvalue weighted by atomic mass is 10.1. The van der Waals surface area contributed by atoms with Crippen LogP contribution < -0.4 is 5.43 Å². The monoisotopic (exact) mass is 509 g/mol. The molecule has 0 radical (unpaired) electrons. The quantitative estimate of drug-likeness (QED) is 0.183.